The first-order valence-corrected chi connectivity index (χ1v) is 19.0. The van der Waals surface area contributed by atoms with Crippen LogP contribution in [0.25, 0.3) is 104 Å². The van der Waals surface area contributed by atoms with Crippen molar-refractivity contribution >= 4 is 54.1 Å². The van der Waals surface area contributed by atoms with Gasteiger partial charge in [0.25, 0.3) is 0 Å². The number of aromatic nitrogens is 1. The molecule has 0 radical (unpaired) electrons. The van der Waals surface area contributed by atoms with Gasteiger partial charge in [0.15, 0.2) is 0 Å². The molecule has 1 aromatic heterocycles. The molecule has 0 bridgehead atoms. The van der Waals surface area contributed by atoms with Crippen LogP contribution in [0.4, 0.5) is 0 Å². The van der Waals surface area contributed by atoms with Gasteiger partial charge in [-0.2, -0.15) is 0 Å². The van der Waals surface area contributed by atoms with Crippen molar-refractivity contribution in [3.63, 3.8) is 0 Å². The average molecular weight is 698 g/mol. The van der Waals surface area contributed by atoms with E-state index in [9.17, 15) is 0 Å². The van der Waals surface area contributed by atoms with E-state index in [0.717, 1.165) is 5.69 Å². The van der Waals surface area contributed by atoms with Crippen LogP contribution < -0.4 is 0 Å². The third-order valence-electron chi connectivity index (χ3n) is 11.4. The van der Waals surface area contributed by atoms with Gasteiger partial charge in [-0.3, -0.25) is 0 Å². The summed E-state index contributed by atoms with van der Waals surface area (Å²) < 4.78 is 2.42. The molecule has 10 aromatic carbocycles. The SMILES string of the molecule is c1ccc(-c2cccc(-c3c4ccccc4c(-c4ccc(-n5c6ccccc6c6cc(-c7cccc8ccccc78)ccc65)cc4)c4ccccc34)c2)cc1. The third kappa shape index (κ3) is 5.09. The predicted molar refractivity (Wildman–Crippen MR) is 235 cm³/mol. The van der Waals surface area contributed by atoms with Crippen molar-refractivity contribution in [3.8, 4) is 50.2 Å². The second-order valence-corrected chi connectivity index (χ2v) is 14.4. The molecule has 0 N–H and O–H groups in total. The first-order valence-electron chi connectivity index (χ1n) is 19.0. The molecule has 11 rings (SSSR count). The molecule has 256 valence electrons. The molecular formula is C54H35N. The van der Waals surface area contributed by atoms with Gasteiger partial charge < -0.3 is 4.57 Å². The Bertz CT molecular complexity index is 3180. The van der Waals surface area contributed by atoms with E-state index in [-0.39, 0.29) is 0 Å². The van der Waals surface area contributed by atoms with Crippen molar-refractivity contribution in [2.24, 2.45) is 0 Å². The number of fused-ring (bicyclic) bond motifs is 6. The summed E-state index contributed by atoms with van der Waals surface area (Å²) in [5.41, 5.74) is 13.5. The zero-order chi connectivity index (χ0) is 36.3. The maximum absolute atomic E-state index is 2.42. The van der Waals surface area contributed by atoms with Crippen LogP contribution in [0.1, 0.15) is 0 Å². The van der Waals surface area contributed by atoms with Crippen molar-refractivity contribution in [2.75, 3.05) is 0 Å². The van der Waals surface area contributed by atoms with E-state index >= 15 is 0 Å². The number of hydrogen-bond acceptors (Lipinski definition) is 0. The van der Waals surface area contributed by atoms with E-state index in [2.05, 4.69) is 217 Å². The molecule has 1 heterocycles. The topological polar surface area (TPSA) is 4.93 Å². The van der Waals surface area contributed by atoms with Crippen LogP contribution in [-0.2, 0) is 0 Å². The van der Waals surface area contributed by atoms with Gasteiger partial charge in [-0.05, 0) is 113 Å². The standard InChI is InChI=1S/C54H35N/c1-2-14-36(15-3-1)39-18-12-19-41(34-39)54-48-24-8-6-22-46(48)53(47-23-7-9-25-49(47)54)38-28-31-42(32-29-38)55-51-27-11-10-21-45(51)50-35-40(30-33-52(50)55)44-26-13-17-37-16-4-5-20-43(37)44/h1-35H. The van der Waals surface area contributed by atoms with Crippen molar-refractivity contribution in [1.82, 2.24) is 4.57 Å². The smallest absolute Gasteiger partial charge is 0.0541 e. The Morgan fingerprint density at radius 3 is 1.49 bits per heavy atom. The summed E-state index contributed by atoms with van der Waals surface area (Å²) in [7, 11) is 0. The fourth-order valence-corrected chi connectivity index (χ4v) is 8.91. The van der Waals surface area contributed by atoms with Crippen molar-refractivity contribution in [3.05, 3.63) is 212 Å². The van der Waals surface area contributed by atoms with Gasteiger partial charge in [-0.25, -0.2) is 0 Å². The van der Waals surface area contributed by atoms with Crippen LogP contribution in [0.3, 0.4) is 0 Å². The Morgan fingerprint density at radius 2 is 0.764 bits per heavy atom. The Hall–Kier alpha value is -7.22. The molecule has 0 aliphatic carbocycles. The maximum Gasteiger partial charge on any atom is 0.0541 e. The zero-order valence-electron chi connectivity index (χ0n) is 30.2. The molecule has 0 spiro atoms. The number of benzene rings is 10. The Morgan fingerprint density at radius 1 is 0.255 bits per heavy atom. The molecule has 11 aromatic rings. The second-order valence-electron chi connectivity index (χ2n) is 14.4. The first kappa shape index (κ1) is 31.3. The van der Waals surface area contributed by atoms with E-state index in [1.165, 1.54) is 98.6 Å². The van der Waals surface area contributed by atoms with Crippen LogP contribution in [-0.4, -0.2) is 4.57 Å². The fraction of sp³-hybridized carbons (Fsp3) is 0. The summed E-state index contributed by atoms with van der Waals surface area (Å²) in [5, 5.41) is 10.1. The summed E-state index contributed by atoms with van der Waals surface area (Å²) >= 11 is 0. The highest BCUT2D eigenvalue weighted by Gasteiger charge is 2.18. The average Bonchev–Trinajstić information content (AvgIpc) is 3.59. The van der Waals surface area contributed by atoms with Gasteiger partial charge in [0.1, 0.15) is 0 Å². The maximum atomic E-state index is 2.42. The highest BCUT2D eigenvalue weighted by molar-refractivity contribution is 6.21. The molecule has 0 aliphatic heterocycles. The van der Waals surface area contributed by atoms with Gasteiger partial charge in [-0.1, -0.05) is 176 Å². The number of rotatable bonds is 5. The van der Waals surface area contributed by atoms with E-state index < -0.39 is 0 Å². The highest BCUT2D eigenvalue weighted by atomic mass is 15.0. The first-order chi connectivity index (χ1) is 27.3. The molecule has 0 amide bonds. The van der Waals surface area contributed by atoms with Crippen LogP contribution in [0.15, 0.2) is 212 Å². The second kappa shape index (κ2) is 12.7. The lowest BCUT2D eigenvalue weighted by Gasteiger charge is -2.18. The zero-order valence-corrected chi connectivity index (χ0v) is 30.2. The third-order valence-corrected chi connectivity index (χ3v) is 11.4. The summed E-state index contributed by atoms with van der Waals surface area (Å²) in [6.07, 6.45) is 0. The number of para-hydroxylation sites is 1. The molecule has 0 aliphatic rings. The molecule has 55 heavy (non-hydrogen) atoms. The van der Waals surface area contributed by atoms with Crippen molar-refractivity contribution in [1.29, 1.82) is 0 Å². The minimum atomic E-state index is 1.15. The van der Waals surface area contributed by atoms with Crippen LogP contribution in [0.2, 0.25) is 0 Å². The summed E-state index contributed by atoms with van der Waals surface area (Å²) in [6.45, 7) is 0. The lowest BCUT2D eigenvalue weighted by Crippen LogP contribution is -1.95. The number of hydrogen-bond donors (Lipinski definition) is 0. The molecule has 0 unspecified atom stereocenters. The quantitative estimate of drug-likeness (QED) is 0.158. The van der Waals surface area contributed by atoms with Gasteiger partial charge >= 0.3 is 0 Å². The molecule has 0 fully saturated rings. The molecule has 0 atom stereocenters. The van der Waals surface area contributed by atoms with Crippen molar-refractivity contribution in [2.45, 2.75) is 0 Å². The molecular weight excluding hydrogens is 663 g/mol. The van der Waals surface area contributed by atoms with Crippen molar-refractivity contribution < 1.29 is 0 Å². The number of nitrogens with zero attached hydrogens (tertiary/aromatic N) is 1. The Balaban J connectivity index is 1.06. The van der Waals surface area contributed by atoms with Crippen LogP contribution in [0, 0.1) is 0 Å². The van der Waals surface area contributed by atoms with Gasteiger partial charge in [-0.15, -0.1) is 0 Å². The van der Waals surface area contributed by atoms with E-state index in [0.29, 0.717) is 0 Å². The fourth-order valence-electron chi connectivity index (χ4n) is 8.91. The van der Waals surface area contributed by atoms with E-state index in [1.54, 1.807) is 0 Å². The predicted octanol–water partition coefficient (Wildman–Crippen LogP) is 14.9. The lowest BCUT2D eigenvalue weighted by atomic mass is 9.85. The van der Waals surface area contributed by atoms with Gasteiger partial charge in [0.2, 0.25) is 0 Å². The normalized spacial score (nSPS) is 11.6. The van der Waals surface area contributed by atoms with Gasteiger partial charge in [0, 0.05) is 16.5 Å². The molecule has 0 saturated carbocycles. The van der Waals surface area contributed by atoms with E-state index in [4.69, 9.17) is 0 Å². The summed E-state index contributed by atoms with van der Waals surface area (Å²) in [5.74, 6) is 0. The minimum absolute atomic E-state index is 1.15. The summed E-state index contributed by atoms with van der Waals surface area (Å²) in [6, 6.07) is 77.7. The minimum Gasteiger partial charge on any atom is -0.309 e. The van der Waals surface area contributed by atoms with E-state index in [1.807, 2.05) is 0 Å². The van der Waals surface area contributed by atoms with Crippen LogP contribution in [0.5, 0.6) is 0 Å². The lowest BCUT2D eigenvalue weighted by molar-refractivity contribution is 1.18. The monoisotopic (exact) mass is 697 g/mol. The summed E-state index contributed by atoms with van der Waals surface area (Å²) in [4.78, 5) is 0. The molecule has 1 nitrogen and oxygen atoms in total. The molecule has 0 saturated heterocycles. The van der Waals surface area contributed by atoms with Gasteiger partial charge in [0.05, 0.1) is 11.0 Å². The highest BCUT2D eigenvalue weighted by Crippen LogP contribution is 2.45. The Labute approximate surface area is 320 Å². The largest absolute Gasteiger partial charge is 0.309 e. The van der Waals surface area contributed by atoms with Crippen LogP contribution >= 0.6 is 0 Å². The molecule has 1 heteroatoms. The Kier molecular flexibility index (Phi) is 7.25.